The predicted molar refractivity (Wildman–Crippen MR) is 103 cm³/mol. The van der Waals surface area contributed by atoms with Crippen LogP contribution in [0.5, 0.6) is 11.5 Å². The van der Waals surface area contributed by atoms with Gasteiger partial charge in [-0.15, -0.1) is 0 Å². The number of rotatable bonds is 4. The van der Waals surface area contributed by atoms with Crippen molar-refractivity contribution in [2.24, 2.45) is 0 Å². The molecule has 1 amide bonds. The first-order valence-corrected chi connectivity index (χ1v) is 9.36. The molecule has 146 valence electrons. The maximum Gasteiger partial charge on any atom is 0.312 e. The Labute approximate surface area is 163 Å². The largest absolute Gasteiger partial charge is 0.483 e. The molecule has 0 saturated carbocycles. The van der Waals surface area contributed by atoms with Crippen LogP contribution in [0.25, 0.3) is 0 Å². The summed E-state index contributed by atoms with van der Waals surface area (Å²) in [4.78, 5) is 26.0. The molecule has 6 heteroatoms. The first-order valence-electron chi connectivity index (χ1n) is 9.36. The van der Waals surface area contributed by atoms with Gasteiger partial charge >= 0.3 is 5.97 Å². The second-order valence-electron chi connectivity index (χ2n) is 7.94. The third kappa shape index (κ3) is 3.42. The fourth-order valence-corrected chi connectivity index (χ4v) is 3.94. The highest BCUT2D eigenvalue weighted by atomic mass is 16.5. The van der Waals surface area contributed by atoms with E-state index in [0.29, 0.717) is 18.0 Å². The molecule has 2 aliphatic heterocycles. The van der Waals surface area contributed by atoms with Gasteiger partial charge in [-0.1, -0.05) is 36.4 Å². The van der Waals surface area contributed by atoms with Crippen molar-refractivity contribution in [3.63, 3.8) is 0 Å². The van der Waals surface area contributed by atoms with Crippen molar-refractivity contribution in [3.8, 4) is 11.5 Å². The zero-order valence-corrected chi connectivity index (χ0v) is 16.0. The second kappa shape index (κ2) is 6.86. The van der Waals surface area contributed by atoms with E-state index < -0.39 is 11.9 Å². The fraction of sp³-hybridized carbons (Fsp3) is 0.364. The summed E-state index contributed by atoms with van der Waals surface area (Å²) in [7, 11) is 0. The summed E-state index contributed by atoms with van der Waals surface area (Å²) in [5, 5.41) is 9.56. The molecule has 0 aromatic heterocycles. The van der Waals surface area contributed by atoms with Gasteiger partial charge in [-0.05, 0) is 31.0 Å². The van der Waals surface area contributed by atoms with Crippen LogP contribution in [-0.4, -0.2) is 40.6 Å². The number of carbonyl (C=O) groups excluding carboxylic acids is 1. The first-order chi connectivity index (χ1) is 13.3. The van der Waals surface area contributed by atoms with Gasteiger partial charge in [0.15, 0.2) is 18.1 Å². The van der Waals surface area contributed by atoms with Crippen molar-refractivity contribution in [3.05, 3.63) is 59.2 Å². The van der Waals surface area contributed by atoms with Crippen molar-refractivity contribution >= 4 is 11.9 Å². The number of carboxylic acids is 1. The van der Waals surface area contributed by atoms with Crippen molar-refractivity contribution in [2.75, 3.05) is 13.2 Å². The molecule has 2 aliphatic rings. The number of ether oxygens (including phenoxy) is 2. The Bertz CT molecular complexity index is 936. The average Bonchev–Trinajstić information content (AvgIpc) is 2.99. The number of aliphatic carboxylic acids is 1. The van der Waals surface area contributed by atoms with E-state index in [-0.39, 0.29) is 24.7 Å². The van der Waals surface area contributed by atoms with Gasteiger partial charge in [-0.25, -0.2) is 0 Å². The molecule has 1 atom stereocenters. The lowest BCUT2D eigenvalue weighted by atomic mass is 9.90. The standard InChI is InChI=1S/C22H23NO5/c1-22(2)10-14-7-5-9-18(20(14)28-22)27-13-19(24)23-11-15-6-3-4-8-16(15)17(12-23)21(25)26/h3-9,17H,10-13H2,1-2H3,(H,25,26). The molecule has 2 aromatic rings. The number of carbonyl (C=O) groups is 2. The Morgan fingerprint density at radius 3 is 2.71 bits per heavy atom. The molecule has 0 fully saturated rings. The van der Waals surface area contributed by atoms with Crippen molar-refractivity contribution in [1.82, 2.24) is 4.90 Å². The second-order valence-corrected chi connectivity index (χ2v) is 7.94. The van der Waals surface area contributed by atoms with Gasteiger partial charge in [0.25, 0.3) is 5.91 Å². The minimum atomic E-state index is -0.928. The quantitative estimate of drug-likeness (QED) is 0.881. The Morgan fingerprint density at radius 1 is 1.18 bits per heavy atom. The van der Waals surface area contributed by atoms with Crippen LogP contribution in [-0.2, 0) is 22.6 Å². The van der Waals surface area contributed by atoms with Crippen LogP contribution in [0.2, 0.25) is 0 Å². The Hall–Kier alpha value is -3.02. The Balaban J connectivity index is 1.47. The maximum absolute atomic E-state index is 12.7. The van der Waals surface area contributed by atoms with Crippen LogP contribution in [0.1, 0.15) is 36.5 Å². The molecule has 6 nitrogen and oxygen atoms in total. The fourth-order valence-electron chi connectivity index (χ4n) is 3.94. The summed E-state index contributed by atoms with van der Waals surface area (Å²) in [5.74, 6) is -0.659. The molecule has 0 bridgehead atoms. The molecular weight excluding hydrogens is 358 g/mol. The molecule has 0 radical (unpaired) electrons. The molecule has 0 saturated heterocycles. The summed E-state index contributed by atoms with van der Waals surface area (Å²) < 4.78 is 11.7. The Morgan fingerprint density at radius 2 is 1.93 bits per heavy atom. The van der Waals surface area contributed by atoms with Crippen LogP contribution < -0.4 is 9.47 Å². The maximum atomic E-state index is 12.7. The van der Waals surface area contributed by atoms with Gasteiger partial charge in [0, 0.05) is 25.1 Å². The van der Waals surface area contributed by atoms with Crippen LogP contribution >= 0.6 is 0 Å². The monoisotopic (exact) mass is 381 g/mol. The van der Waals surface area contributed by atoms with E-state index in [4.69, 9.17) is 9.47 Å². The lowest BCUT2D eigenvalue weighted by molar-refractivity contribution is -0.142. The number of amides is 1. The average molecular weight is 381 g/mol. The van der Waals surface area contributed by atoms with Crippen LogP contribution in [0.15, 0.2) is 42.5 Å². The molecule has 1 N–H and O–H groups in total. The van der Waals surface area contributed by atoms with Crippen LogP contribution in [0.3, 0.4) is 0 Å². The lowest BCUT2D eigenvalue weighted by Gasteiger charge is -2.32. The van der Waals surface area contributed by atoms with E-state index in [1.54, 1.807) is 11.0 Å². The van der Waals surface area contributed by atoms with E-state index in [2.05, 4.69) is 0 Å². The highest BCUT2D eigenvalue weighted by Crippen LogP contribution is 2.41. The normalized spacial score (nSPS) is 19.4. The molecule has 2 heterocycles. The zero-order valence-electron chi connectivity index (χ0n) is 16.0. The van der Waals surface area contributed by atoms with Gasteiger partial charge < -0.3 is 19.5 Å². The SMILES string of the molecule is CC1(C)Cc2cccc(OCC(=O)N3Cc4ccccc4C(C(=O)O)C3)c2O1. The number of fused-ring (bicyclic) bond motifs is 2. The van der Waals surface area contributed by atoms with E-state index in [0.717, 1.165) is 23.1 Å². The molecule has 2 aromatic carbocycles. The molecule has 4 rings (SSSR count). The van der Waals surface area contributed by atoms with Crippen molar-refractivity contribution in [1.29, 1.82) is 0 Å². The first kappa shape index (κ1) is 18.3. The number of nitrogens with zero attached hydrogens (tertiary/aromatic N) is 1. The van der Waals surface area contributed by atoms with Gasteiger partial charge in [-0.2, -0.15) is 0 Å². The van der Waals surface area contributed by atoms with E-state index in [1.807, 2.05) is 50.2 Å². The Kier molecular flexibility index (Phi) is 4.49. The van der Waals surface area contributed by atoms with Crippen molar-refractivity contribution in [2.45, 2.75) is 38.3 Å². The summed E-state index contributed by atoms with van der Waals surface area (Å²) in [6.07, 6.45) is 0.788. The summed E-state index contributed by atoms with van der Waals surface area (Å²) in [6.45, 7) is 4.40. The molecule has 0 spiro atoms. The molecule has 0 aliphatic carbocycles. The zero-order chi connectivity index (χ0) is 19.9. The number of carboxylic acid groups (broad SMARTS) is 1. The van der Waals surface area contributed by atoms with Crippen LogP contribution in [0, 0.1) is 0 Å². The van der Waals surface area contributed by atoms with Gasteiger partial charge in [-0.3, -0.25) is 9.59 Å². The molecular formula is C22H23NO5. The molecule has 1 unspecified atom stereocenters. The van der Waals surface area contributed by atoms with E-state index in [9.17, 15) is 14.7 Å². The van der Waals surface area contributed by atoms with Gasteiger partial charge in [0.2, 0.25) is 0 Å². The molecule has 28 heavy (non-hydrogen) atoms. The van der Waals surface area contributed by atoms with E-state index in [1.165, 1.54) is 0 Å². The summed E-state index contributed by atoms with van der Waals surface area (Å²) >= 11 is 0. The summed E-state index contributed by atoms with van der Waals surface area (Å²) in [5.41, 5.74) is 2.40. The smallest absolute Gasteiger partial charge is 0.312 e. The van der Waals surface area contributed by atoms with E-state index >= 15 is 0 Å². The highest BCUT2D eigenvalue weighted by Gasteiger charge is 2.34. The minimum Gasteiger partial charge on any atom is -0.483 e. The predicted octanol–water partition coefficient (Wildman–Crippen LogP) is 2.99. The topological polar surface area (TPSA) is 76.1 Å². The lowest BCUT2D eigenvalue weighted by Crippen LogP contribution is -2.42. The van der Waals surface area contributed by atoms with Crippen molar-refractivity contribution < 1.29 is 24.2 Å². The number of para-hydroxylation sites is 1. The third-order valence-corrected chi connectivity index (χ3v) is 5.25. The number of hydrogen-bond acceptors (Lipinski definition) is 4. The van der Waals surface area contributed by atoms with Gasteiger partial charge in [0.1, 0.15) is 5.60 Å². The van der Waals surface area contributed by atoms with Crippen LogP contribution in [0.4, 0.5) is 0 Å². The number of hydrogen-bond donors (Lipinski definition) is 1. The summed E-state index contributed by atoms with van der Waals surface area (Å²) in [6, 6.07) is 13.0. The minimum absolute atomic E-state index is 0.144. The third-order valence-electron chi connectivity index (χ3n) is 5.25. The highest BCUT2D eigenvalue weighted by molar-refractivity contribution is 5.82. The number of benzene rings is 2. The van der Waals surface area contributed by atoms with Gasteiger partial charge in [0.05, 0.1) is 5.92 Å².